The molecule has 0 saturated heterocycles. The molecule has 2 N–H and O–H groups in total. The maximum Gasteiger partial charge on any atom is 0.251 e. The minimum absolute atomic E-state index is 0.0191. The molecule has 0 spiro atoms. The Labute approximate surface area is 148 Å². The van der Waals surface area contributed by atoms with Crippen LogP contribution in [0.15, 0.2) is 42.5 Å². The molecule has 0 atom stereocenters. The zero-order chi connectivity index (χ0) is 18.4. The van der Waals surface area contributed by atoms with Gasteiger partial charge in [-0.05, 0) is 42.3 Å². The van der Waals surface area contributed by atoms with Crippen LogP contribution < -0.4 is 15.4 Å². The summed E-state index contributed by atoms with van der Waals surface area (Å²) < 4.78 is 5.25. The monoisotopic (exact) mass is 340 g/mol. The number of methoxy groups -OCH3 is 1. The van der Waals surface area contributed by atoms with E-state index >= 15 is 0 Å². The molecule has 25 heavy (non-hydrogen) atoms. The van der Waals surface area contributed by atoms with E-state index < -0.39 is 0 Å². The maximum atomic E-state index is 12.3. The second-order valence-electron chi connectivity index (χ2n) is 6.21. The molecule has 2 aromatic rings. The molecular weight excluding hydrogens is 316 g/mol. The molecule has 0 bridgehead atoms. The minimum atomic E-state index is -0.157. The normalized spacial score (nSPS) is 10.4. The fraction of sp³-hybridized carbons (Fsp3) is 0.300. The van der Waals surface area contributed by atoms with Crippen molar-refractivity contribution in [2.75, 3.05) is 12.4 Å². The van der Waals surface area contributed by atoms with Crippen molar-refractivity contribution < 1.29 is 14.3 Å². The molecule has 0 aliphatic heterocycles. The quantitative estimate of drug-likeness (QED) is 0.845. The van der Waals surface area contributed by atoms with Crippen molar-refractivity contribution in [2.45, 2.75) is 27.3 Å². The summed E-state index contributed by atoms with van der Waals surface area (Å²) in [5, 5.41) is 5.72. The van der Waals surface area contributed by atoms with Crippen LogP contribution in [0.5, 0.6) is 5.75 Å². The molecule has 132 valence electrons. The lowest BCUT2D eigenvalue weighted by atomic mass is 10.1. The predicted molar refractivity (Wildman–Crippen MR) is 98.8 cm³/mol. The van der Waals surface area contributed by atoms with Crippen molar-refractivity contribution in [3.63, 3.8) is 0 Å². The highest BCUT2D eigenvalue weighted by molar-refractivity contribution is 5.94. The molecule has 2 rings (SSSR count). The van der Waals surface area contributed by atoms with Crippen LogP contribution in [0.4, 0.5) is 5.69 Å². The Bertz CT molecular complexity index is 752. The van der Waals surface area contributed by atoms with Crippen LogP contribution in [0, 0.1) is 12.8 Å². The highest BCUT2D eigenvalue weighted by Gasteiger charge is 2.09. The second-order valence-corrected chi connectivity index (χ2v) is 6.21. The fourth-order valence-electron chi connectivity index (χ4n) is 2.24. The SMILES string of the molecule is COc1cc(C(=O)NCc2ccc(NC(=O)C(C)C)cc2)ccc1C. The molecule has 0 aliphatic rings. The van der Waals surface area contributed by atoms with Crippen LogP contribution in [0.2, 0.25) is 0 Å². The summed E-state index contributed by atoms with van der Waals surface area (Å²) in [5.41, 5.74) is 3.24. The van der Waals surface area contributed by atoms with E-state index in [0.717, 1.165) is 16.8 Å². The van der Waals surface area contributed by atoms with E-state index in [0.29, 0.717) is 17.9 Å². The molecule has 0 radical (unpaired) electrons. The average molecular weight is 340 g/mol. The van der Waals surface area contributed by atoms with Crippen LogP contribution >= 0.6 is 0 Å². The molecule has 0 aromatic heterocycles. The van der Waals surface area contributed by atoms with Gasteiger partial charge in [0.2, 0.25) is 5.91 Å². The lowest BCUT2D eigenvalue weighted by Gasteiger charge is -2.10. The molecule has 5 heteroatoms. The molecule has 0 unspecified atom stereocenters. The molecule has 0 fully saturated rings. The molecule has 2 amide bonds. The fourth-order valence-corrected chi connectivity index (χ4v) is 2.24. The van der Waals surface area contributed by atoms with E-state index in [9.17, 15) is 9.59 Å². The molecular formula is C20H24N2O3. The third kappa shape index (κ3) is 5.08. The van der Waals surface area contributed by atoms with E-state index in [1.165, 1.54) is 0 Å². The van der Waals surface area contributed by atoms with E-state index in [4.69, 9.17) is 4.74 Å². The molecule has 5 nitrogen and oxygen atoms in total. The van der Waals surface area contributed by atoms with E-state index in [2.05, 4.69) is 10.6 Å². The standard InChI is InChI=1S/C20H24N2O3/c1-13(2)19(23)22-17-9-6-15(7-10-17)12-21-20(24)16-8-5-14(3)18(11-16)25-4/h5-11,13H,12H2,1-4H3,(H,21,24)(H,22,23). The summed E-state index contributed by atoms with van der Waals surface area (Å²) in [6.07, 6.45) is 0. The van der Waals surface area contributed by atoms with Crippen molar-refractivity contribution in [1.82, 2.24) is 5.32 Å². The number of carbonyl (C=O) groups is 2. The van der Waals surface area contributed by atoms with Gasteiger partial charge in [-0.2, -0.15) is 0 Å². The first-order valence-corrected chi connectivity index (χ1v) is 8.23. The van der Waals surface area contributed by atoms with E-state index in [-0.39, 0.29) is 17.7 Å². The van der Waals surface area contributed by atoms with Crippen LogP contribution in [0.1, 0.15) is 35.3 Å². The summed E-state index contributed by atoms with van der Waals surface area (Å²) in [5.74, 6) is 0.452. The van der Waals surface area contributed by atoms with Crippen molar-refractivity contribution in [3.05, 3.63) is 59.2 Å². The Hall–Kier alpha value is -2.82. The zero-order valence-corrected chi connectivity index (χ0v) is 15.1. The Morgan fingerprint density at radius 3 is 2.36 bits per heavy atom. The summed E-state index contributed by atoms with van der Waals surface area (Å²) >= 11 is 0. The van der Waals surface area contributed by atoms with Gasteiger partial charge in [-0.3, -0.25) is 9.59 Å². The number of rotatable bonds is 6. The number of hydrogen-bond donors (Lipinski definition) is 2. The average Bonchev–Trinajstić information content (AvgIpc) is 2.61. The first-order chi connectivity index (χ1) is 11.9. The van der Waals surface area contributed by atoms with Crippen LogP contribution in [-0.4, -0.2) is 18.9 Å². The van der Waals surface area contributed by atoms with Crippen LogP contribution in [-0.2, 0) is 11.3 Å². The highest BCUT2D eigenvalue weighted by atomic mass is 16.5. The topological polar surface area (TPSA) is 67.4 Å². The number of hydrogen-bond acceptors (Lipinski definition) is 3. The van der Waals surface area contributed by atoms with Gasteiger partial charge in [0.1, 0.15) is 5.75 Å². The van der Waals surface area contributed by atoms with Gasteiger partial charge >= 0.3 is 0 Å². The second kappa shape index (κ2) is 8.33. The van der Waals surface area contributed by atoms with Crippen molar-refractivity contribution >= 4 is 17.5 Å². The number of nitrogens with one attached hydrogen (secondary N) is 2. The number of benzene rings is 2. The summed E-state index contributed by atoms with van der Waals surface area (Å²) in [6.45, 7) is 6.03. The van der Waals surface area contributed by atoms with Crippen molar-refractivity contribution in [1.29, 1.82) is 0 Å². The van der Waals surface area contributed by atoms with E-state index in [1.807, 2.05) is 51.1 Å². The minimum Gasteiger partial charge on any atom is -0.496 e. The van der Waals surface area contributed by atoms with Crippen molar-refractivity contribution in [3.8, 4) is 5.75 Å². The lowest BCUT2D eigenvalue weighted by molar-refractivity contribution is -0.118. The van der Waals surface area contributed by atoms with Gasteiger partial charge in [0.15, 0.2) is 0 Å². The summed E-state index contributed by atoms with van der Waals surface area (Å²) in [4.78, 5) is 23.9. The Balaban J connectivity index is 1.94. The number of anilines is 1. The first kappa shape index (κ1) is 18.5. The number of amides is 2. The maximum absolute atomic E-state index is 12.3. The summed E-state index contributed by atoms with van der Waals surface area (Å²) in [7, 11) is 1.59. The van der Waals surface area contributed by atoms with Gasteiger partial charge in [-0.25, -0.2) is 0 Å². The third-order valence-electron chi connectivity index (χ3n) is 3.87. The first-order valence-electron chi connectivity index (χ1n) is 8.23. The highest BCUT2D eigenvalue weighted by Crippen LogP contribution is 2.19. The number of aryl methyl sites for hydroxylation is 1. The van der Waals surface area contributed by atoms with E-state index in [1.54, 1.807) is 19.2 Å². The third-order valence-corrected chi connectivity index (χ3v) is 3.87. The van der Waals surface area contributed by atoms with Crippen molar-refractivity contribution in [2.24, 2.45) is 5.92 Å². The smallest absolute Gasteiger partial charge is 0.251 e. The van der Waals surface area contributed by atoms with Gasteiger partial charge in [0.05, 0.1) is 7.11 Å². The number of carbonyl (C=O) groups excluding carboxylic acids is 2. The Morgan fingerprint density at radius 2 is 1.76 bits per heavy atom. The summed E-state index contributed by atoms with van der Waals surface area (Å²) in [6, 6.07) is 12.8. The van der Waals surface area contributed by atoms with Gasteiger partial charge in [0, 0.05) is 23.7 Å². The Morgan fingerprint density at radius 1 is 1.08 bits per heavy atom. The largest absolute Gasteiger partial charge is 0.496 e. The van der Waals surface area contributed by atoms with Gasteiger partial charge in [-0.1, -0.05) is 32.0 Å². The lowest BCUT2D eigenvalue weighted by Crippen LogP contribution is -2.23. The molecule has 0 heterocycles. The van der Waals surface area contributed by atoms with Gasteiger partial charge in [0.25, 0.3) is 5.91 Å². The predicted octanol–water partition coefficient (Wildman–Crippen LogP) is 3.53. The molecule has 0 aliphatic carbocycles. The van der Waals surface area contributed by atoms with Crippen LogP contribution in [0.25, 0.3) is 0 Å². The van der Waals surface area contributed by atoms with Gasteiger partial charge < -0.3 is 15.4 Å². The number of ether oxygens (including phenoxy) is 1. The van der Waals surface area contributed by atoms with Gasteiger partial charge in [-0.15, -0.1) is 0 Å². The molecule has 2 aromatic carbocycles. The molecule has 0 saturated carbocycles. The zero-order valence-electron chi connectivity index (χ0n) is 15.1. The van der Waals surface area contributed by atoms with Crippen LogP contribution in [0.3, 0.4) is 0 Å². The Kier molecular flexibility index (Phi) is 6.17.